The summed E-state index contributed by atoms with van der Waals surface area (Å²) in [7, 11) is 0. The van der Waals surface area contributed by atoms with Crippen molar-refractivity contribution >= 4 is 18.0 Å². The number of carboxylic acid groups (broad SMARTS) is 1. The molecule has 7 nitrogen and oxygen atoms in total. The minimum atomic E-state index is -0.960. The van der Waals surface area contributed by atoms with Crippen LogP contribution in [0.4, 0.5) is 4.79 Å². The Hall–Kier alpha value is -3.35. The molecule has 2 aromatic rings. The lowest BCUT2D eigenvalue weighted by molar-refractivity contribution is -0.141. The number of hydrogen-bond acceptors (Lipinski definition) is 4. The predicted molar refractivity (Wildman–Crippen MR) is 121 cm³/mol. The van der Waals surface area contributed by atoms with Crippen LogP contribution in [0.1, 0.15) is 44.2 Å². The highest BCUT2D eigenvalue weighted by molar-refractivity contribution is 5.86. The summed E-state index contributed by atoms with van der Waals surface area (Å²) in [6.45, 7) is 5.54. The lowest BCUT2D eigenvalue weighted by atomic mass is 9.98. The summed E-state index contributed by atoms with van der Waals surface area (Å²) in [5.41, 5.74) is 4.50. The maximum atomic E-state index is 12.6. The number of hydrogen-bond donors (Lipinski definition) is 3. The van der Waals surface area contributed by atoms with Crippen LogP contribution in [0.3, 0.4) is 0 Å². The predicted octanol–water partition coefficient (Wildman–Crippen LogP) is 3.78. The van der Waals surface area contributed by atoms with E-state index < -0.39 is 29.9 Å². The van der Waals surface area contributed by atoms with Gasteiger partial charge >= 0.3 is 12.1 Å². The minimum Gasteiger partial charge on any atom is -0.481 e. The van der Waals surface area contributed by atoms with Crippen LogP contribution in [0.2, 0.25) is 0 Å². The van der Waals surface area contributed by atoms with Gasteiger partial charge in [-0.05, 0) is 34.6 Å². The molecular formula is C25H30N2O5. The molecule has 7 heteroatoms. The second kappa shape index (κ2) is 10.3. The number of fused-ring (bicyclic) bond motifs is 3. The molecule has 2 atom stereocenters. The first-order chi connectivity index (χ1) is 15.3. The summed E-state index contributed by atoms with van der Waals surface area (Å²) >= 11 is 0. The lowest BCUT2D eigenvalue weighted by Crippen LogP contribution is -2.51. The molecule has 0 saturated carbocycles. The number of aliphatic carboxylic acids is 1. The molecule has 0 aliphatic heterocycles. The summed E-state index contributed by atoms with van der Waals surface area (Å²) < 4.78 is 5.53. The van der Waals surface area contributed by atoms with Crippen molar-refractivity contribution in [2.24, 2.45) is 11.8 Å². The average molecular weight is 439 g/mol. The molecule has 2 amide bonds. The van der Waals surface area contributed by atoms with E-state index in [9.17, 15) is 14.4 Å². The van der Waals surface area contributed by atoms with Gasteiger partial charge in [0.05, 0.1) is 5.92 Å². The molecule has 170 valence electrons. The average Bonchev–Trinajstić information content (AvgIpc) is 3.09. The lowest BCUT2D eigenvalue weighted by Gasteiger charge is -2.23. The molecule has 3 rings (SSSR count). The fourth-order valence-corrected chi connectivity index (χ4v) is 4.04. The molecule has 1 aliphatic carbocycles. The van der Waals surface area contributed by atoms with Crippen molar-refractivity contribution in [3.63, 3.8) is 0 Å². The molecule has 1 aliphatic rings. The summed E-state index contributed by atoms with van der Waals surface area (Å²) in [5, 5.41) is 14.4. The van der Waals surface area contributed by atoms with Gasteiger partial charge in [-0.25, -0.2) is 4.79 Å². The molecule has 32 heavy (non-hydrogen) atoms. The largest absolute Gasteiger partial charge is 0.481 e. The fraction of sp³-hybridized carbons (Fsp3) is 0.400. The Balaban J connectivity index is 1.62. The van der Waals surface area contributed by atoms with Crippen molar-refractivity contribution in [1.82, 2.24) is 10.6 Å². The second-order valence-corrected chi connectivity index (χ2v) is 8.38. The molecule has 0 saturated heterocycles. The van der Waals surface area contributed by atoms with Crippen LogP contribution in [0, 0.1) is 11.8 Å². The van der Waals surface area contributed by atoms with Gasteiger partial charge in [-0.3, -0.25) is 9.59 Å². The molecular weight excluding hydrogens is 408 g/mol. The number of carboxylic acids is 1. The summed E-state index contributed by atoms with van der Waals surface area (Å²) in [6.07, 6.45) is -0.270. The van der Waals surface area contributed by atoms with Gasteiger partial charge < -0.3 is 20.5 Å². The highest BCUT2D eigenvalue weighted by atomic mass is 16.5. The quantitative estimate of drug-likeness (QED) is 0.553. The van der Waals surface area contributed by atoms with Gasteiger partial charge in [0.15, 0.2) is 0 Å². The maximum absolute atomic E-state index is 12.6. The molecule has 1 unspecified atom stereocenters. The SMILES string of the molecule is CCC(CNC(=O)[C@H](NC(=O)OCC1c2ccccc2-c2ccccc21)C(C)C)C(=O)O. The highest BCUT2D eigenvalue weighted by Gasteiger charge is 2.30. The molecule has 0 heterocycles. The van der Waals surface area contributed by atoms with E-state index in [4.69, 9.17) is 9.84 Å². The van der Waals surface area contributed by atoms with Crippen LogP contribution >= 0.6 is 0 Å². The number of alkyl carbamates (subject to hydrolysis) is 1. The molecule has 2 aromatic carbocycles. The fourth-order valence-electron chi connectivity index (χ4n) is 4.04. The van der Waals surface area contributed by atoms with E-state index in [1.165, 1.54) is 0 Å². The molecule has 3 N–H and O–H groups in total. The van der Waals surface area contributed by atoms with E-state index in [1.54, 1.807) is 6.92 Å². The van der Waals surface area contributed by atoms with Crippen molar-refractivity contribution in [2.75, 3.05) is 13.2 Å². The summed E-state index contributed by atoms with van der Waals surface area (Å²) in [4.78, 5) is 36.3. The Bertz CT molecular complexity index is 942. The zero-order chi connectivity index (χ0) is 23.3. The highest BCUT2D eigenvalue weighted by Crippen LogP contribution is 2.44. The van der Waals surface area contributed by atoms with Crippen LogP contribution in [0.5, 0.6) is 0 Å². The van der Waals surface area contributed by atoms with Crippen LogP contribution in [0.25, 0.3) is 11.1 Å². The van der Waals surface area contributed by atoms with E-state index in [2.05, 4.69) is 22.8 Å². The summed E-state index contributed by atoms with van der Waals surface area (Å²) in [5.74, 6) is -2.31. The normalized spacial score (nSPS) is 14.2. The first-order valence-corrected chi connectivity index (χ1v) is 11.0. The minimum absolute atomic E-state index is 0.0141. The first kappa shape index (κ1) is 23.3. The van der Waals surface area contributed by atoms with Gasteiger partial charge in [-0.15, -0.1) is 0 Å². The zero-order valence-corrected chi connectivity index (χ0v) is 18.6. The van der Waals surface area contributed by atoms with Crippen LogP contribution in [0.15, 0.2) is 48.5 Å². The number of benzene rings is 2. The Labute approximate surface area is 188 Å². The third-order valence-electron chi connectivity index (χ3n) is 5.93. The first-order valence-electron chi connectivity index (χ1n) is 11.0. The number of ether oxygens (including phenoxy) is 1. The Morgan fingerprint density at radius 1 is 1.00 bits per heavy atom. The van der Waals surface area contributed by atoms with E-state index >= 15 is 0 Å². The second-order valence-electron chi connectivity index (χ2n) is 8.38. The number of rotatable bonds is 9. The van der Waals surface area contributed by atoms with Crippen LogP contribution < -0.4 is 10.6 Å². The number of carbonyl (C=O) groups is 3. The van der Waals surface area contributed by atoms with Crippen LogP contribution in [-0.2, 0) is 14.3 Å². The maximum Gasteiger partial charge on any atom is 0.407 e. The van der Waals surface area contributed by atoms with Gasteiger partial charge in [-0.1, -0.05) is 69.3 Å². The van der Waals surface area contributed by atoms with Gasteiger partial charge in [0.2, 0.25) is 5.91 Å². The zero-order valence-electron chi connectivity index (χ0n) is 18.6. The van der Waals surface area contributed by atoms with Crippen molar-refractivity contribution in [2.45, 2.75) is 39.2 Å². The standard InChI is InChI=1S/C25H30N2O5/c1-4-16(24(29)30)13-26-23(28)22(15(2)3)27-25(31)32-14-21-19-11-7-5-9-17(19)18-10-6-8-12-20(18)21/h5-12,15-16,21-22H,4,13-14H2,1-3H3,(H,26,28)(H,27,31)(H,29,30)/t16?,22-/m1/s1. The topological polar surface area (TPSA) is 105 Å². The number of carbonyl (C=O) groups excluding carboxylic acids is 2. The van der Waals surface area contributed by atoms with Crippen molar-refractivity contribution in [1.29, 1.82) is 0 Å². The molecule has 0 spiro atoms. The molecule has 0 aromatic heterocycles. The van der Waals surface area contributed by atoms with Gasteiger partial charge in [0, 0.05) is 12.5 Å². The van der Waals surface area contributed by atoms with E-state index in [0.29, 0.717) is 6.42 Å². The summed E-state index contributed by atoms with van der Waals surface area (Å²) in [6, 6.07) is 15.3. The van der Waals surface area contributed by atoms with Crippen molar-refractivity contribution in [3.05, 3.63) is 59.7 Å². The molecule has 0 radical (unpaired) electrons. The number of nitrogens with one attached hydrogen (secondary N) is 2. The van der Waals surface area contributed by atoms with Gasteiger partial charge in [0.1, 0.15) is 12.6 Å². The van der Waals surface area contributed by atoms with E-state index in [-0.39, 0.29) is 25.0 Å². The van der Waals surface area contributed by atoms with Crippen molar-refractivity contribution < 1.29 is 24.2 Å². The Morgan fingerprint density at radius 2 is 1.56 bits per heavy atom. The van der Waals surface area contributed by atoms with Crippen LogP contribution in [-0.4, -0.2) is 42.3 Å². The third kappa shape index (κ3) is 5.10. The van der Waals surface area contributed by atoms with Crippen molar-refractivity contribution in [3.8, 4) is 11.1 Å². The smallest absolute Gasteiger partial charge is 0.407 e. The molecule has 0 bridgehead atoms. The monoisotopic (exact) mass is 438 g/mol. The van der Waals surface area contributed by atoms with Gasteiger partial charge in [-0.2, -0.15) is 0 Å². The number of amides is 2. The Kier molecular flexibility index (Phi) is 7.51. The van der Waals surface area contributed by atoms with Gasteiger partial charge in [0.25, 0.3) is 0 Å². The molecule has 0 fully saturated rings. The Morgan fingerprint density at radius 3 is 2.06 bits per heavy atom. The third-order valence-corrected chi connectivity index (χ3v) is 5.93. The van der Waals surface area contributed by atoms with E-state index in [1.807, 2.05) is 50.2 Å². The van der Waals surface area contributed by atoms with E-state index in [0.717, 1.165) is 22.3 Å².